The Balaban J connectivity index is 0.00000200. The van der Waals surface area contributed by atoms with Crippen LogP contribution in [0.5, 0.6) is 0 Å². The lowest BCUT2D eigenvalue weighted by Crippen LogP contribution is -2.42. The lowest BCUT2D eigenvalue weighted by molar-refractivity contribution is 0.612. The number of halogens is 1. The van der Waals surface area contributed by atoms with Gasteiger partial charge in [0, 0.05) is 24.4 Å². The molecule has 2 atom stereocenters. The Labute approximate surface area is 145 Å². The zero-order valence-electron chi connectivity index (χ0n) is 12.9. The Kier molecular flexibility index (Phi) is 9.33. The van der Waals surface area contributed by atoms with Crippen molar-refractivity contribution in [3.8, 4) is 0 Å². The van der Waals surface area contributed by atoms with Crippen LogP contribution in [0.4, 0.5) is 0 Å². The number of guanidine groups is 1. The molecule has 0 amide bonds. The molecule has 118 valence electrons. The average molecular weight is 411 g/mol. The van der Waals surface area contributed by atoms with Crippen molar-refractivity contribution in [1.82, 2.24) is 10.6 Å². The predicted octanol–water partition coefficient (Wildman–Crippen LogP) is 3.63. The van der Waals surface area contributed by atoms with Crippen LogP contribution in [0.25, 0.3) is 0 Å². The van der Waals surface area contributed by atoms with Crippen LogP contribution in [0.15, 0.2) is 4.99 Å². The van der Waals surface area contributed by atoms with E-state index >= 15 is 0 Å². The third-order valence-electron chi connectivity index (χ3n) is 3.98. The minimum atomic E-state index is 0. The minimum absolute atomic E-state index is 0. The summed E-state index contributed by atoms with van der Waals surface area (Å²) in [5.41, 5.74) is 0. The van der Waals surface area contributed by atoms with E-state index in [1.54, 1.807) is 0 Å². The van der Waals surface area contributed by atoms with Gasteiger partial charge >= 0.3 is 0 Å². The second kappa shape index (κ2) is 10.1. The summed E-state index contributed by atoms with van der Waals surface area (Å²) in [6, 6.07) is 0.628. The van der Waals surface area contributed by atoms with E-state index in [1.807, 2.05) is 0 Å². The highest BCUT2D eigenvalue weighted by Gasteiger charge is 2.25. The van der Waals surface area contributed by atoms with Crippen LogP contribution in [0, 0.1) is 5.92 Å². The molecule has 0 aromatic carbocycles. The summed E-state index contributed by atoms with van der Waals surface area (Å²) in [6.45, 7) is 6.34. The topological polar surface area (TPSA) is 36.4 Å². The van der Waals surface area contributed by atoms with E-state index in [-0.39, 0.29) is 24.0 Å². The van der Waals surface area contributed by atoms with Crippen molar-refractivity contribution in [2.45, 2.75) is 63.7 Å². The molecule has 2 saturated carbocycles. The number of nitrogens with zero attached hydrogens (tertiary/aromatic N) is 1. The summed E-state index contributed by atoms with van der Waals surface area (Å²) in [7, 11) is 0. The normalized spacial score (nSPS) is 26.2. The van der Waals surface area contributed by atoms with Gasteiger partial charge in [0.1, 0.15) is 0 Å². The second-order valence-electron chi connectivity index (χ2n) is 5.72. The molecule has 2 fully saturated rings. The van der Waals surface area contributed by atoms with Crippen LogP contribution in [0.2, 0.25) is 0 Å². The summed E-state index contributed by atoms with van der Waals surface area (Å²) in [4.78, 5) is 4.72. The fourth-order valence-corrected chi connectivity index (χ4v) is 3.88. The number of thioether (sulfide) groups is 1. The zero-order chi connectivity index (χ0) is 13.5. The van der Waals surface area contributed by atoms with Crippen molar-refractivity contribution < 1.29 is 0 Å². The largest absolute Gasteiger partial charge is 0.357 e. The molecule has 0 aliphatic heterocycles. The molecular weight excluding hydrogens is 381 g/mol. The molecule has 0 aromatic rings. The number of hydrogen-bond donors (Lipinski definition) is 2. The van der Waals surface area contributed by atoms with Crippen LogP contribution >= 0.6 is 35.7 Å². The highest BCUT2D eigenvalue weighted by atomic mass is 127. The Morgan fingerprint density at radius 1 is 1.20 bits per heavy atom. The van der Waals surface area contributed by atoms with Crippen molar-refractivity contribution in [2.75, 3.05) is 18.8 Å². The van der Waals surface area contributed by atoms with E-state index in [2.05, 4.69) is 36.2 Å². The van der Waals surface area contributed by atoms with Crippen LogP contribution in [-0.2, 0) is 0 Å². The van der Waals surface area contributed by atoms with Crippen molar-refractivity contribution in [1.29, 1.82) is 0 Å². The highest BCUT2D eigenvalue weighted by Crippen LogP contribution is 2.32. The molecule has 0 heterocycles. The smallest absolute Gasteiger partial charge is 0.191 e. The third-order valence-corrected chi connectivity index (χ3v) is 5.21. The van der Waals surface area contributed by atoms with Gasteiger partial charge in [0.25, 0.3) is 0 Å². The fourth-order valence-electron chi connectivity index (χ4n) is 2.74. The van der Waals surface area contributed by atoms with E-state index in [4.69, 9.17) is 4.99 Å². The van der Waals surface area contributed by atoms with Crippen LogP contribution in [-0.4, -0.2) is 36.1 Å². The van der Waals surface area contributed by atoms with Gasteiger partial charge in [-0.05, 0) is 44.3 Å². The Morgan fingerprint density at radius 3 is 2.65 bits per heavy atom. The number of aliphatic imine (C=N–C) groups is 1. The van der Waals surface area contributed by atoms with Crippen molar-refractivity contribution in [3.63, 3.8) is 0 Å². The summed E-state index contributed by atoms with van der Waals surface area (Å²) in [5.74, 6) is 3.26. The van der Waals surface area contributed by atoms with Crippen LogP contribution < -0.4 is 10.6 Å². The molecule has 0 radical (unpaired) electrons. The summed E-state index contributed by atoms with van der Waals surface area (Å²) in [5, 5.41) is 7.87. The van der Waals surface area contributed by atoms with Crippen molar-refractivity contribution in [3.05, 3.63) is 0 Å². The Hall–Kier alpha value is 0.350. The van der Waals surface area contributed by atoms with E-state index in [0.717, 1.165) is 30.2 Å². The summed E-state index contributed by atoms with van der Waals surface area (Å²) < 4.78 is 0. The monoisotopic (exact) mass is 411 g/mol. The SMILES string of the molecule is CCNC(=NCCC1CC1)NC1CCC(SCC)C1.I. The molecule has 5 heteroatoms. The van der Waals surface area contributed by atoms with Gasteiger partial charge in [-0.3, -0.25) is 4.99 Å². The van der Waals surface area contributed by atoms with E-state index in [9.17, 15) is 0 Å². The first-order chi connectivity index (χ1) is 9.31. The average Bonchev–Trinajstić information content (AvgIpc) is 3.11. The first-order valence-electron chi connectivity index (χ1n) is 7.98. The molecular formula is C15H30IN3S. The molecule has 2 aliphatic rings. The summed E-state index contributed by atoms with van der Waals surface area (Å²) >= 11 is 2.11. The first-order valence-corrected chi connectivity index (χ1v) is 9.03. The quantitative estimate of drug-likeness (QED) is 0.382. The molecule has 3 nitrogen and oxygen atoms in total. The van der Waals surface area contributed by atoms with Gasteiger partial charge in [0.05, 0.1) is 0 Å². The molecule has 2 N–H and O–H groups in total. The standard InChI is InChI=1S/C15H29N3S.HI/c1-3-16-15(17-10-9-12-5-6-12)18-13-7-8-14(11-13)19-4-2;/h12-14H,3-11H2,1-2H3,(H2,16,17,18);1H. The van der Waals surface area contributed by atoms with Gasteiger partial charge < -0.3 is 10.6 Å². The van der Waals surface area contributed by atoms with E-state index in [1.165, 1.54) is 44.3 Å². The van der Waals surface area contributed by atoms with Crippen LogP contribution in [0.3, 0.4) is 0 Å². The van der Waals surface area contributed by atoms with Crippen molar-refractivity contribution in [2.24, 2.45) is 10.9 Å². The van der Waals surface area contributed by atoms with Gasteiger partial charge in [-0.15, -0.1) is 24.0 Å². The van der Waals surface area contributed by atoms with E-state index in [0.29, 0.717) is 6.04 Å². The van der Waals surface area contributed by atoms with Gasteiger partial charge in [-0.1, -0.05) is 19.8 Å². The van der Waals surface area contributed by atoms with Gasteiger partial charge in [0.15, 0.2) is 5.96 Å². The lowest BCUT2D eigenvalue weighted by atomic mass is 10.2. The second-order valence-corrected chi connectivity index (χ2v) is 7.30. The lowest BCUT2D eigenvalue weighted by Gasteiger charge is -2.17. The number of rotatable bonds is 7. The maximum Gasteiger partial charge on any atom is 0.191 e. The Morgan fingerprint density at radius 2 is 2.00 bits per heavy atom. The third kappa shape index (κ3) is 6.87. The molecule has 2 unspecified atom stereocenters. The molecule has 0 saturated heterocycles. The fraction of sp³-hybridized carbons (Fsp3) is 0.933. The first kappa shape index (κ1) is 18.4. The van der Waals surface area contributed by atoms with Gasteiger partial charge in [0.2, 0.25) is 0 Å². The predicted molar refractivity (Wildman–Crippen MR) is 101 cm³/mol. The molecule has 0 spiro atoms. The zero-order valence-corrected chi connectivity index (χ0v) is 16.0. The molecule has 0 bridgehead atoms. The van der Waals surface area contributed by atoms with E-state index < -0.39 is 0 Å². The molecule has 20 heavy (non-hydrogen) atoms. The molecule has 2 aliphatic carbocycles. The maximum absolute atomic E-state index is 4.72. The molecule has 2 rings (SSSR count). The Bertz CT molecular complexity index is 295. The minimum Gasteiger partial charge on any atom is -0.357 e. The molecule has 0 aromatic heterocycles. The maximum atomic E-state index is 4.72. The van der Waals surface area contributed by atoms with Gasteiger partial charge in [-0.25, -0.2) is 0 Å². The van der Waals surface area contributed by atoms with Crippen LogP contribution in [0.1, 0.15) is 52.4 Å². The highest BCUT2D eigenvalue weighted by molar-refractivity contribution is 14.0. The van der Waals surface area contributed by atoms with Gasteiger partial charge in [-0.2, -0.15) is 11.8 Å². The number of hydrogen-bond acceptors (Lipinski definition) is 2. The van der Waals surface area contributed by atoms with Crippen molar-refractivity contribution >= 4 is 41.7 Å². The number of nitrogens with one attached hydrogen (secondary N) is 2. The summed E-state index contributed by atoms with van der Waals surface area (Å²) in [6.07, 6.45) is 8.08.